The van der Waals surface area contributed by atoms with E-state index >= 15 is 0 Å². The zero-order chi connectivity index (χ0) is 31.9. The third-order valence-electron chi connectivity index (χ3n) is 10.5. The molecule has 0 amide bonds. The van der Waals surface area contributed by atoms with Crippen LogP contribution in [-0.4, -0.2) is 9.97 Å². The Hall–Kier alpha value is -5.60. The normalized spacial score (nSPS) is 14.4. The van der Waals surface area contributed by atoms with E-state index in [4.69, 9.17) is 9.97 Å². The Morgan fingerprint density at radius 3 is 1.67 bits per heavy atom. The predicted octanol–water partition coefficient (Wildman–Crippen LogP) is 12.0. The van der Waals surface area contributed by atoms with Crippen LogP contribution in [0.2, 0.25) is 0 Å². The second-order valence-corrected chi connectivity index (χ2v) is 13.3. The summed E-state index contributed by atoms with van der Waals surface area (Å²) in [6.45, 7) is 0. The van der Waals surface area contributed by atoms with Crippen molar-refractivity contribution in [2.24, 2.45) is 0 Å². The van der Waals surface area contributed by atoms with Crippen molar-refractivity contribution in [2.75, 3.05) is 0 Å². The first-order chi connectivity index (χ1) is 23.8. The maximum atomic E-state index is 5.04. The molecule has 0 bridgehead atoms. The average Bonchev–Trinajstić information content (AvgIpc) is 3.44. The van der Waals surface area contributed by atoms with Gasteiger partial charge in [0.15, 0.2) is 5.82 Å². The molecule has 230 valence electrons. The number of nitrogens with zero attached hydrogens (tertiary/aromatic N) is 2. The predicted molar refractivity (Wildman–Crippen MR) is 199 cm³/mol. The van der Waals surface area contributed by atoms with Crippen molar-refractivity contribution in [1.82, 2.24) is 9.97 Å². The van der Waals surface area contributed by atoms with Gasteiger partial charge in [-0.15, -0.1) is 0 Å². The number of hydrogen-bond donors (Lipinski definition) is 0. The van der Waals surface area contributed by atoms with Gasteiger partial charge in [0.05, 0.1) is 11.4 Å². The van der Waals surface area contributed by atoms with Crippen molar-refractivity contribution in [2.45, 2.75) is 37.5 Å². The molecule has 2 nitrogen and oxygen atoms in total. The molecule has 1 fully saturated rings. The van der Waals surface area contributed by atoms with Crippen molar-refractivity contribution < 1.29 is 0 Å². The zero-order valence-corrected chi connectivity index (χ0v) is 26.9. The van der Waals surface area contributed by atoms with Crippen molar-refractivity contribution in [3.63, 3.8) is 0 Å². The van der Waals surface area contributed by atoms with E-state index in [0.717, 1.165) is 33.9 Å². The lowest BCUT2D eigenvalue weighted by molar-refractivity contribution is 0.353. The van der Waals surface area contributed by atoms with Gasteiger partial charge in [-0.1, -0.05) is 165 Å². The molecule has 1 aromatic heterocycles. The minimum atomic E-state index is 0.118. The third-order valence-corrected chi connectivity index (χ3v) is 10.5. The summed E-state index contributed by atoms with van der Waals surface area (Å²) >= 11 is 0. The van der Waals surface area contributed by atoms with Gasteiger partial charge >= 0.3 is 0 Å². The standard InChI is InChI=1S/C46H36N2/c1-4-14-33(15-5-1)42-31-43(48-45(47-42)35-16-6-2-7-17-35)34-26-24-32(25-27-34)36-18-12-19-37(30-36)38-21-13-22-40-39-20-8-9-23-41(39)46(44(38)40)28-10-3-11-29-46/h1-2,4-9,12-27,30-31H,3,10-11,28-29H2. The molecule has 0 aliphatic heterocycles. The summed E-state index contributed by atoms with van der Waals surface area (Å²) in [6, 6.07) is 56.8. The zero-order valence-electron chi connectivity index (χ0n) is 26.9. The van der Waals surface area contributed by atoms with Gasteiger partial charge in [0.1, 0.15) is 0 Å². The maximum Gasteiger partial charge on any atom is 0.160 e. The van der Waals surface area contributed by atoms with Gasteiger partial charge in [0.2, 0.25) is 0 Å². The minimum absolute atomic E-state index is 0.118. The summed E-state index contributed by atoms with van der Waals surface area (Å²) in [5.74, 6) is 0.733. The molecule has 2 aliphatic carbocycles. The summed E-state index contributed by atoms with van der Waals surface area (Å²) in [5, 5.41) is 0. The van der Waals surface area contributed by atoms with Crippen molar-refractivity contribution in [1.29, 1.82) is 0 Å². The highest BCUT2D eigenvalue weighted by atomic mass is 14.9. The van der Waals surface area contributed by atoms with E-state index in [0.29, 0.717) is 0 Å². The third kappa shape index (κ3) is 4.88. The van der Waals surface area contributed by atoms with E-state index in [1.165, 1.54) is 71.0 Å². The molecule has 2 aliphatic rings. The van der Waals surface area contributed by atoms with Crippen LogP contribution in [0.4, 0.5) is 0 Å². The van der Waals surface area contributed by atoms with Crippen LogP contribution < -0.4 is 0 Å². The summed E-state index contributed by atoms with van der Waals surface area (Å²) in [5.41, 5.74) is 16.2. The topological polar surface area (TPSA) is 25.8 Å². The Labute approximate surface area is 282 Å². The van der Waals surface area contributed by atoms with E-state index in [-0.39, 0.29) is 5.41 Å². The van der Waals surface area contributed by atoms with Crippen LogP contribution in [0, 0.1) is 0 Å². The fourth-order valence-corrected chi connectivity index (χ4v) is 8.25. The van der Waals surface area contributed by atoms with Crippen LogP contribution in [0.25, 0.3) is 67.3 Å². The molecule has 0 N–H and O–H groups in total. The Kier molecular flexibility index (Phi) is 7.08. The van der Waals surface area contributed by atoms with Crippen molar-refractivity contribution in [3.8, 4) is 67.3 Å². The molecule has 0 radical (unpaired) electrons. The lowest BCUT2D eigenvalue weighted by Gasteiger charge is -2.37. The lowest BCUT2D eigenvalue weighted by Crippen LogP contribution is -2.28. The number of fused-ring (bicyclic) bond motifs is 5. The Morgan fingerprint density at radius 2 is 0.917 bits per heavy atom. The number of aromatic nitrogens is 2. The maximum absolute atomic E-state index is 5.04. The van der Waals surface area contributed by atoms with Crippen LogP contribution in [0.3, 0.4) is 0 Å². The first-order valence-electron chi connectivity index (χ1n) is 17.2. The molecule has 0 unspecified atom stereocenters. The molecular weight excluding hydrogens is 581 g/mol. The van der Waals surface area contributed by atoms with Crippen molar-refractivity contribution >= 4 is 0 Å². The van der Waals surface area contributed by atoms with Gasteiger partial charge in [-0.05, 0) is 69.5 Å². The summed E-state index contributed by atoms with van der Waals surface area (Å²) in [6.07, 6.45) is 6.39. The van der Waals surface area contributed by atoms with Gasteiger partial charge in [-0.25, -0.2) is 9.97 Å². The Morgan fingerprint density at radius 1 is 0.375 bits per heavy atom. The van der Waals surface area contributed by atoms with Crippen LogP contribution in [-0.2, 0) is 5.41 Å². The van der Waals surface area contributed by atoms with Crippen molar-refractivity contribution in [3.05, 3.63) is 169 Å². The van der Waals surface area contributed by atoms with Gasteiger partial charge in [-0.3, -0.25) is 0 Å². The molecule has 9 rings (SSSR count). The van der Waals surface area contributed by atoms with E-state index in [1.54, 1.807) is 5.56 Å². The average molecular weight is 617 g/mol. The molecule has 1 spiro atoms. The van der Waals surface area contributed by atoms with Crippen LogP contribution in [0.15, 0.2) is 158 Å². The highest BCUT2D eigenvalue weighted by Crippen LogP contribution is 2.58. The SMILES string of the molecule is c1ccc(-c2cc(-c3ccc(-c4cccc(-c5cccc6c5C5(CCCCC5)c5ccccc5-6)c4)cc3)nc(-c3ccccc3)n2)cc1. The van der Waals surface area contributed by atoms with Gasteiger partial charge in [0.25, 0.3) is 0 Å². The van der Waals surface area contributed by atoms with E-state index in [9.17, 15) is 0 Å². The molecule has 1 heterocycles. The molecule has 0 saturated heterocycles. The van der Waals surface area contributed by atoms with E-state index in [1.807, 2.05) is 24.3 Å². The second-order valence-electron chi connectivity index (χ2n) is 13.3. The largest absolute Gasteiger partial charge is 0.228 e. The summed E-state index contributed by atoms with van der Waals surface area (Å²) in [4.78, 5) is 10.00. The number of benzene rings is 6. The van der Waals surface area contributed by atoms with E-state index in [2.05, 4.69) is 133 Å². The monoisotopic (exact) mass is 616 g/mol. The molecular formula is C46H36N2. The molecule has 0 atom stereocenters. The highest BCUT2D eigenvalue weighted by molar-refractivity contribution is 5.89. The lowest BCUT2D eigenvalue weighted by atomic mass is 9.66. The summed E-state index contributed by atoms with van der Waals surface area (Å²) in [7, 11) is 0. The first kappa shape index (κ1) is 28.6. The molecule has 48 heavy (non-hydrogen) atoms. The molecule has 1 saturated carbocycles. The smallest absolute Gasteiger partial charge is 0.160 e. The van der Waals surface area contributed by atoms with Gasteiger partial charge in [-0.2, -0.15) is 0 Å². The quantitative estimate of drug-likeness (QED) is 0.192. The number of rotatable bonds is 5. The minimum Gasteiger partial charge on any atom is -0.228 e. The second kappa shape index (κ2) is 11.9. The van der Waals surface area contributed by atoms with Gasteiger partial charge < -0.3 is 0 Å². The van der Waals surface area contributed by atoms with Crippen LogP contribution in [0.1, 0.15) is 43.2 Å². The van der Waals surface area contributed by atoms with E-state index < -0.39 is 0 Å². The Bertz CT molecular complexity index is 2190. The fourth-order valence-electron chi connectivity index (χ4n) is 8.25. The molecule has 6 aromatic carbocycles. The Balaban J connectivity index is 1.09. The molecule has 2 heteroatoms. The van der Waals surface area contributed by atoms with Gasteiger partial charge in [0, 0.05) is 22.1 Å². The first-order valence-corrected chi connectivity index (χ1v) is 17.2. The van der Waals surface area contributed by atoms with Crippen LogP contribution >= 0.6 is 0 Å². The fraction of sp³-hybridized carbons (Fsp3) is 0.130. The van der Waals surface area contributed by atoms with Crippen LogP contribution in [0.5, 0.6) is 0 Å². The molecule has 7 aromatic rings. The highest BCUT2D eigenvalue weighted by Gasteiger charge is 2.45. The summed E-state index contributed by atoms with van der Waals surface area (Å²) < 4.78 is 0. The number of hydrogen-bond acceptors (Lipinski definition) is 2.